The van der Waals surface area contributed by atoms with Crippen LogP contribution in [0.3, 0.4) is 0 Å². The maximum absolute atomic E-state index is 13.6. The molecule has 1 amide bonds. The van der Waals surface area contributed by atoms with E-state index in [0.29, 0.717) is 6.07 Å². The predicted octanol–water partition coefficient (Wildman–Crippen LogP) is 1.28. The highest BCUT2D eigenvalue weighted by molar-refractivity contribution is 5.94. The van der Waals surface area contributed by atoms with Gasteiger partial charge < -0.3 is 10.0 Å². The third-order valence-corrected chi connectivity index (χ3v) is 2.40. The van der Waals surface area contributed by atoms with E-state index in [1.807, 2.05) is 0 Å². The largest absolute Gasteiger partial charge is 0.481 e. The van der Waals surface area contributed by atoms with Crippen LogP contribution < -0.4 is 0 Å². The Kier molecular flexibility index (Phi) is 4.51. The monoisotopic (exact) mass is 270 g/mol. The molecule has 0 saturated carbocycles. The summed E-state index contributed by atoms with van der Waals surface area (Å²) in [6, 6.07) is 2.67. The lowest BCUT2D eigenvalue weighted by atomic mass is 10.1. The Morgan fingerprint density at radius 1 is 1.47 bits per heavy atom. The topological polar surface area (TPSA) is 101 Å². The average Bonchev–Trinajstić information content (AvgIpc) is 2.34. The van der Waals surface area contributed by atoms with Gasteiger partial charge in [-0.25, -0.2) is 4.39 Å². The fourth-order valence-corrected chi connectivity index (χ4v) is 1.36. The fraction of sp³-hybridized carbons (Fsp3) is 0.273. The van der Waals surface area contributed by atoms with Gasteiger partial charge >= 0.3 is 5.97 Å². The highest BCUT2D eigenvalue weighted by Gasteiger charge is 2.19. The second kappa shape index (κ2) is 5.89. The van der Waals surface area contributed by atoms with E-state index in [2.05, 4.69) is 0 Å². The number of hydrogen-bond acceptors (Lipinski definition) is 4. The lowest BCUT2D eigenvalue weighted by Crippen LogP contribution is -2.29. The SMILES string of the molecule is CN(CCC(=O)O)C(=O)c1ccc([N+](=O)[O-])cc1F. The number of amides is 1. The molecular formula is C11H11FN2O5. The second-order valence-corrected chi connectivity index (χ2v) is 3.79. The molecular weight excluding hydrogens is 259 g/mol. The molecule has 0 saturated heterocycles. The average molecular weight is 270 g/mol. The highest BCUT2D eigenvalue weighted by Crippen LogP contribution is 2.17. The second-order valence-electron chi connectivity index (χ2n) is 3.79. The minimum absolute atomic E-state index is 0.0788. The first-order valence-electron chi connectivity index (χ1n) is 5.24. The van der Waals surface area contributed by atoms with Crippen molar-refractivity contribution in [3.05, 3.63) is 39.7 Å². The Labute approximate surface area is 107 Å². The third kappa shape index (κ3) is 3.73. The van der Waals surface area contributed by atoms with Gasteiger partial charge in [-0.05, 0) is 6.07 Å². The van der Waals surface area contributed by atoms with Crippen molar-refractivity contribution in [3.63, 3.8) is 0 Å². The van der Waals surface area contributed by atoms with Gasteiger partial charge in [-0.1, -0.05) is 0 Å². The molecule has 8 heteroatoms. The molecule has 0 heterocycles. The zero-order valence-electron chi connectivity index (χ0n) is 10.00. The zero-order valence-corrected chi connectivity index (χ0v) is 10.00. The van der Waals surface area contributed by atoms with Crippen molar-refractivity contribution in [2.75, 3.05) is 13.6 Å². The standard InChI is InChI=1S/C11H11FN2O5/c1-13(5-4-10(15)16)11(17)8-3-2-7(14(18)19)6-9(8)12/h2-3,6H,4-5H2,1H3,(H,15,16). The summed E-state index contributed by atoms with van der Waals surface area (Å²) in [4.78, 5) is 32.8. The molecule has 0 radical (unpaired) electrons. The van der Waals surface area contributed by atoms with Gasteiger partial charge in [-0.15, -0.1) is 0 Å². The molecule has 0 aliphatic carbocycles. The van der Waals surface area contributed by atoms with Crippen molar-refractivity contribution in [3.8, 4) is 0 Å². The number of halogens is 1. The first kappa shape index (κ1) is 14.6. The number of benzene rings is 1. The Morgan fingerprint density at radius 3 is 2.58 bits per heavy atom. The first-order chi connectivity index (χ1) is 8.82. The molecule has 1 rings (SSSR count). The Bertz CT molecular complexity index is 532. The quantitative estimate of drug-likeness (QED) is 0.641. The molecule has 0 aliphatic heterocycles. The van der Waals surface area contributed by atoms with Crippen LogP contribution in [0.25, 0.3) is 0 Å². The highest BCUT2D eigenvalue weighted by atomic mass is 19.1. The molecule has 0 spiro atoms. The van der Waals surface area contributed by atoms with Gasteiger partial charge in [0.15, 0.2) is 0 Å². The molecule has 1 N–H and O–H groups in total. The van der Waals surface area contributed by atoms with Crippen LogP contribution in [0.1, 0.15) is 16.8 Å². The van der Waals surface area contributed by atoms with Crippen molar-refractivity contribution in [2.24, 2.45) is 0 Å². The number of nitro benzene ring substituents is 1. The van der Waals surface area contributed by atoms with E-state index in [0.717, 1.165) is 17.0 Å². The molecule has 0 bridgehead atoms. The van der Waals surface area contributed by atoms with E-state index in [1.165, 1.54) is 7.05 Å². The number of carbonyl (C=O) groups is 2. The van der Waals surface area contributed by atoms with Crippen molar-refractivity contribution >= 4 is 17.6 Å². The summed E-state index contributed by atoms with van der Waals surface area (Å²) in [6.07, 6.45) is -0.267. The number of non-ortho nitro benzene ring substituents is 1. The van der Waals surface area contributed by atoms with Crippen LogP contribution in [-0.4, -0.2) is 40.4 Å². The Hall–Kier alpha value is -2.51. The summed E-state index contributed by atoms with van der Waals surface area (Å²) in [5.41, 5.74) is -0.791. The molecule has 1 aromatic carbocycles. The van der Waals surface area contributed by atoms with Crippen molar-refractivity contribution < 1.29 is 24.0 Å². The fourth-order valence-electron chi connectivity index (χ4n) is 1.36. The Morgan fingerprint density at radius 2 is 2.11 bits per heavy atom. The van der Waals surface area contributed by atoms with Crippen molar-refractivity contribution in [2.45, 2.75) is 6.42 Å². The zero-order chi connectivity index (χ0) is 14.6. The van der Waals surface area contributed by atoms with E-state index < -0.39 is 28.3 Å². The van der Waals surface area contributed by atoms with Gasteiger partial charge in [-0.2, -0.15) is 0 Å². The van der Waals surface area contributed by atoms with Gasteiger partial charge in [0.25, 0.3) is 11.6 Å². The van der Waals surface area contributed by atoms with E-state index in [4.69, 9.17) is 5.11 Å². The van der Waals surface area contributed by atoms with Crippen LogP contribution >= 0.6 is 0 Å². The normalized spacial score (nSPS) is 10.0. The van der Waals surface area contributed by atoms with Gasteiger partial charge in [0.1, 0.15) is 5.82 Å². The minimum atomic E-state index is -1.08. The number of nitrogens with zero attached hydrogens (tertiary/aromatic N) is 2. The minimum Gasteiger partial charge on any atom is -0.481 e. The molecule has 1 aromatic rings. The van der Waals surface area contributed by atoms with Crippen LogP contribution in [0, 0.1) is 15.9 Å². The number of aliphatic carboxylic acids is 1. The number of nitro groups is 1. The summed E-state index contributed by atoms with van der Waals surface area (Å²) in [5.74, 6) is -2.82. The Balaban J connectivity index is 2.88. The molecule has 0 unspecified atom stereocenters. The van der Waals surface area contributed by atoms with Crippen LogP contribution in [-0.2, 0) is 4.79 Å². The maximum Gasteiger partial charge on any atom is 0.305 e. The van der Waals surface area contributed by atoms with E-state index in [-0.39, 0.29) is 18.5 Å². The van der Waals surface area contributed by atoms with Gasteiger partial charge in [-0.3, -0.25) is 19.7 Å². The van der Waals surface area contributed by atoms with Crippen molar-refractivity contribution in [1.82, 2.24) is 4.90 Å². The van der Waals surface area contributed by atoms with Crippen molar-refractivity contribution in [1.29, 1.82) is 0 Å². The third-order valence-electron chi connectivity index (χ3n) is 2.40. The molecule has 0 aliphatic rings. The van der Waals surface area contributed by atoms with Crippen LogP contribution in [0.2, 0.25) is 0 Å². The molecule has 0 atom stereocenters. The number of hydrogen-bond donors (Lipinski definition) is 1. The van der Waals surface area contributed by atoms with Gasteiger partial charge in [0.2, 0.25) is 0 Å². The predicted molar refractivity (Wildman–Crippen MR) is 62.3 cm³/mol. The van der Waals surface area contributed by atoms with E-state index >= 15 is 0 Å². The summed E-state index contributed by atoms with van der Waals surface area (Å²) in [6.45, 7) is -0.0788. The first-order valence-corrected chi connectivity index (χ1v) is 5.24. The molecule has 102 valence electrons. The number of carboxylic acid groups (broad SMARTS) is 1. The van der Waals surface area contributed by atoms with Crippen LogP contribution in [0.4, 0.5) is 10.1 Å². The van der Waals surface area contributed by atoms with Gasteiger partial charge in [0.05, 0.1) is 23.0 Å². The number of carboxylic acids is 1. The van der Waals surface area contributed by atoms with Crippen LogP contribution in [0.5, 0.6) is 0 Å². The number of rotatable bonds is 5. The molecule has 7 nitrogen and oxygen atoms in total. The summed E-state index contributed by atoms with van der Waals surface area (Å²) in [7, 11) is 1.33. The van der Waals surface area contributed by atoms with Crippen LogP contribution in [0.15, 0.2) is 18.2 Å². The summed E-state index contributed by atoms with van der Waals surface area (Å²) >= 11 is 0. The number of carbonyl (C=O) groups excluding carboxylic acids is 1. The molecule has 0 fully saturated rings. The smallest absolute Gasteiger partial charge is 0.305 e. The lowest BCUT2D eigenvalue weighted by Gasteiger charge is -2.16. The molecule has 19 heavy (non-hydrogen) atoms. The summed E-state index contributed by atoms with van der Waals surface area (Å²) < 4.78 is 13.6. The maximum atomic E-state index is 13.6. The van der Waals surface area contributed by atoms with Gasteiger partial charge in [0, 0.05) is 19.7 Å². The van der Waals surface area contributed by atoms with E-state index in [1.54, 1.807) is 0 Å². The lowest BCUT2D eigenvalue weighted by molar-refractivity contribution is -0.385. The van der Waals surface area contributed by atoms with E-state index in [9.17, 15) is 24.1 Å². The summed E-state index contributed by atoms with van der Waals surface area (Å²) in [5, 5.41) is 18.9. The molecule has 0 aromatic heterocycles.